The number of aromatic nitrogens is 2. The third-order valence-electron chi connectivity index (χ3n) is 5.24. The fourth-order valence-electron chi connectivity index (χ4n) is 3.38. The van der Waals surface area contributed by atoms with Gasteiger partial charge in [-0.25, -0.2) is 9.36 Å². The molecule has 1 unspecified atom stereocenters. The van der Waals surface area contributed by atoms with Gasteiger partial charge in [-0.3, -0.25) is 23.7 Å². The van der Waals surface area contributed by atoms with Crippen LogP contribution in [0.15, 0.2) is 57.3 Å². The molecule has 1 fully saturated rings. The summed E-state index contributed by atoms with van der Waals surface area (Å²) < 4.78 is 71.8. The van der Waals surface area contributed by atoms with Crippen molar-refractivity contribution in [2.75, 3.05) is 13.2 Å². The molecule has 0 aliphatic carbocycles. The van der Waals surface area contributed by atoms with E-state index in [4.69, 9.17) is 19.3 Å². The summed E-state index contributed by atoms with van der Waals surface area (Å²) in [6.07, 6.45) is -9.73. The van der Waals surface area contributed by atoms with Crippen LogP contribution in [-0.4, -0.2) is 69.1 Å². The van der Waals surface area contributed by atoms with Gasteiger partial charge in [-0.1, -0.05) is 23.3 Å². The molecule has 1 aliphatic rings. The Morgan fingerprint density at radius 2 is 2.00 bits per heavy atom. The van der Waals surface area contributed by atoms with Crippen LogP contribution in [0.25, 0.3) is 10.4 Å². The lowest BCUT2D eigenvalue weighted by atomic mass is 10.1. The molecule has 3 rings (SSSR count). The number of benzene rings is 1. The molecule has 0 spiro atoms. The number of carbonyl (C=O) groups excluding carboxylic acids is 1. The highest BCUT2D eigenvalue weighted by molar-refractivity contribution is 7.52. The van der Waals surface area contributed by atoms with Gasteiger partial charge in [0.05, 0.1) is 6.61 Å². The number of azide groups is 1. The molecule has 0 saturated carbocycles. The Hall–Kier alpha value is -3.70. The number of rotatable bonds is 11. The average molecular weight is 594 g/mol. The van der Waals surface area contributed by atoms with Gasteiger partial charge >= 0.3 is 25.6 Å². The third-order valence-corrected chi connectivity index (χ3v) is 6.86. The van der Waals surface area contributed by atoms with Crippen molar-refractivity contribution in [1.29, 1.82) is 0 Å². The molecule has 20 heteroatoms. The average Bonchev–Trinajstić information content (AvgIpc) is 3.12. The Morgan fingerprint density at radius 1 is 1.32 bits per heavy atom. The summed E-state index contributed by atoms with van der Waals surface area (Å²) in [5, 5.41) is 26.6. The number of H-pyrrole nitrogens is 1. The second-order valence-corrected chi connectivity index (χ2v) is 9.94. The van der Waals surface area contributed by atoms with E-state index < -0.39 is 74.6 Å². The molecular formula is C20H22F3N6O10P. The lowest BCUT2D eigenvalue weighted by Gasteiger charge is -2.29. The second-order valence-electron chi connectivity index (χ2n) is 8.24. The molecule has 1 saturated heterocycles. The summed E-state index contributed by atoms with van der Waals surface area (Å²) in [5.74, 6) is -1.58. The number of carbonyl (C=O) groups is 1. The number of aliphatic hydroxyl groups excluding tert-OH is 2. The maximum absolute atomic E-state index is 13.6. The van der Waals surface area contributed by atoms with Crippen LogP contribution >= 0.6 is 7.75 Å². The lowest BCUT2D eigenvalue weighted by Crippen LogP contribution is -2.46. The van der Waals surface area contributed by atoms with Crippen molar-refractivity contribution in [1.82, 2.24) is 14.6 Å². The van der Waals surface area contributed by atoms with Crippen LogP contribution < -0.4 is 20.9 Å². The molecule has 0 bridgehead atoms. The minimum Gasteiger partial charge on any atom is -0.455 e. The number of hydrogen-bond acceptors (Lipinski definition) is 11. The molecule has 1 aromatic carbocycles. The minimum absolute atomic E-state index is 0.0994. The smallest absolute Gasteiger partial charge is 0.455 e. The Balaban J connectivity index is 1.88. The number of esters is 1. The minimum atomic E-state index is -4.83. The zero-order chi connectivity index (χ0) is 29.7. The van der Waals surface area contributed by atoms with Crippen molar-refractivity contribution >= 4 is 13.7 Å². The number of hydrogen-bond donors (Lipinski definition) is 4. The zero-order valence-corrected chi connectivity index (χ0v) is 21.2. The maximum atomic E-state index is 13.6. The van der Waals surface area contributed by atoms with E-state index in [0.29, 0.717) is 4.57 Å². The van der Waals surface area contributed by atoms with Crippen molar-refractivity contribution in [3.63, 3.8) is 0 Å². The number of halogens is 3. The molecule has 4 N–H and O–H groups in total. The Bertz CT molecular complexity index is 1420. The summed E-state index contributed by atoms with van der Waals surface area (Å²) in [6, 6.07) is 6.33. The largest absolute Gasteiger partial charge is 0.459 e. The van der Waals surface area contributed by atoms with E-state index in [2.05, 4.69) is 19.9 Å². The number of alkyl halides is 3. The van der Waals surface area contributed by atoms with Crippen molar-refractivity contribution < 1.29 is 51.3 Å². The monoisotopic (exact) mass is 594 g/mol. The summed E-state index contributed by atoms with van der Waals surface area (Å²) in [5.41, 5.74) is 4.68. The number of para-hydroxylation sites is 1. The van der Waals surface area contributed by atoms with E-state index in [9.17, 15) is 42.3 Å². The van der Waals surface area contributed by atoms with E-state index in [1.165, 1.54) is 24.3 Å². The highest BCUT2D eigenvalue weighted by atomic mass is 31.2. The van der Waals surface area contributed by atoms with Gasteiger partial charge in [0.15, 0.2) is 12.8 Å². The standard InChI is InChI=1S/C20H22F3N6O10P/c1-11(17(33)36-10-20(21,22)23)26-40(35,39-12-5-3-2-4-6-12)37-9-19(27-28-24)15(32)14(31)16(38-19)29-8-7-13(30)25-18(29)34/h2-8,11,14-16,31-32H,9-10H2,1H3,(H,26,35)(H,25,30,34)/t11-,14+,15-,16+,19+,40?/m0/s1. The summed E-state index contributed by atoms with van der Waals surface area (Å²) in [4.78, 5) is 40.0. The van der Waals surface area contributed by atoms with E-state index in [1.807, 2.05) is 4.98 Å². The molecule has 0 amide bonds. The van der Waals surface area contributed by atoms with Gasteiger partial charge in [0.1, 0.15) is 24.0 Å². The van der Waals surface area contributed by atoms with Crippen LogP contribution in [0.4, 0.5) is 13.2 Å². The first-order valence-corrected chi connectivity index (χ1v) is 12.6. The molecule has 16 nitrogen and oxygen atoms in total. The Labute approximate surface area is 221 Å². The fraction of sp³-hybridized carbons (Fsp3) is 0.450. The highest BCUT2D eigenvalue weighted by Gasteiger charge is 2.56. The predicted molar refractivity (Wildman–Crippen MR) is 126 cm³/mol. The molecular weight excluding hydrogens is 572 g/mol. The van der Waals surface area contributed by atoms with Crippen LogP contribution in [0, 0.1) is 0 Å². The SMILES string of the molecule is C[C@H](NP(=O)(OC[C@@]1(N=[N+]=[N-])O[C@@H](n2ccc(=O)[nH]c2=O)[C@H](O)[C@@H]1O)Oc1ccccc1)C(=O)OCC(F)(F)F. The molecule has 2 aromatic rings. The number of ether oxygens (including phenoxy) is 2. The van der Waals surface area contributed by atoms with Gasteiger partial charge in [0, 0.05) is 17.2 Å². The van der Waals surface area contributed by atoms with Crippen LogP contribution in [0.2, 0.25) is 0 Å². The van der Waals surface area contributed by atoms with Gasteiger partial charge in [-0.2, -0.15) is 18.3 Å². The van der Waals surface area contributed by atoms with Crippen LogP contribution in [0.1, 0.15) is 13.2 Å². The molecule has 1 aliphatic heterocycles. The topological polar surface area (TPSA) is 227 Å². The number of nitrogens with one attached hydrogen (secondary N) is 2. The van der Waals surface area contributed by atoms with Gasteiger partial charge in [0.2, 0.25) is 5.72 Å². The molecule has 6 atom stereocenters. The van der Waals surface area contributed by atoms with Crippen molar-refractivity contribution in [3.05, 3.63) is 73.9 Å². The lowest BCUT2D eigenvalue weighted by molar-refractivity contribution is -0.187. The Kier molecular flexibility index (Phi) is 9.42. The summed E-state index contributed by atoms with van der Waals surface area (Å²) >= 11 is 0. The van der Waals surface area contributed by atoms with Gasteiger partial charge in [-0.15, -0.1) is 0 Å². The first kappa shape index (κ1) is 30.8. The van der Waals surface area contributed by atoms with Crippen LogP contribution in [0.5, 0.6) is 5.75 Å². The van der Waals surface area contributed by atoms with E-state index >= 15 is 0 Å². The molecule has 1 aromatic heterocycles. The zero-order valence-electron chi connectivity index (χ0n) is 20.3. The number of nitrogens with zero attached hydrogens (tertiary/aromatic N) is 4. The summed E-state index contributed by atoms with van der Waals surface area (Å²) in [6.45, 7) is -2.08. The summed E-state index contributed by atoms with van der Waals surface area (Å²) in [7, 11) is -4.79. The van der Waals surface area contributed by atoms with Crippen LogP contribution in [-0.2, 0) is 23.4 Å². The number of aliphatic hydroxyl groups is 2. The first-order valence-electron chi connectivity index (χ1n) is 11.1. The van der Waals surface area contributed by atoms with Crippen molar-refractivity contribution in [3.8, 4) is 5.75 Å². The quantitative estimate of drug-likeness (QED) is 0.0946. The Morgan fingerprint density at radius 3 is 2.60 bits per heavy atom. The first-order chi connectivity index (χ1) is 18.7. The maximum Gasteiger partial charge on any atom is 0.459 e. The van der Waals surface area contributed by atoms with E-state index in [-0.39, 0.29) is 5.75 Å². The van der Waals surface area contributed by atoms with Crippen LogP contribution in [0.3, 0.4) is 0 Å². The second kappa shape index (κ2) is 12.2. The van der Waals surface area contributed by atoms with Gasteiger partial charge in [0.25, 0.3) is 5.56 Å². The van der Waals surface area contributed by atoms with Crippen molar-refractivity contribution in [2.45, 2.75) is 43.3 Å². The molecule has 218 valence electrons. The normalized spacial score (nSPS) is 24.9. The predicted octanol–water partition coefficient (Wildman–Crippen LogP) is 1.08. The third kappa shape index (κ3) is 7.48. The highest BCUT2D eigenvalue weighted by Crippen LogP contribution is 2.48. The molecule has 40 heavy (non-hydrogen) atoms. The van der Waals surface area contributed by atoms with Gasteiger partial charge < -0.3 is 24.2 Å². The van der Waals surface area contributed by atoms with Crippen molar-refractivity contribution in [2.24, 2.45) is 5.11 Å². The molecule has 2 heterocycles. The van der Waals surface area contributed by atoms with E-state index in [0.717, 1.165) is 19.2 Å². The number of aromatic amines is 1. The van der Waals surface area contributed by atoms with Gasteiger partial charge in [-0.05, 0) is 24.6 Å². The molecule has 0 radical (unpaired) electrons. The van der Waals surface area contributed by atoms with E-state index in [1.54, 1.807) is 6.07 Å². The fourth-order valence-corrected chi connectivity index (χ4v) is 4.90.